The minimum absolute atomic E-state index is 0.235. The van der Waals surface area contributed by atoms with E-state index in [2.05, 4.69) is 5.18 Å². The van der Waals surface area contributed by atoms with Crippen molar-refractivity contribution in [3.63, 3.8) is 0 Å². The molecule has 17 heavy (non-hydrogen) atoms. The number of hydrogen-bond acceptors (Lipinski definition) is 5. The van der Waals surface area contributed by atoms with E-state index in [1.807, 2.05) is 6.07 Å². The normalized spacial score (nSPS) is 22.2. The maximum absolute atomic E-state index is 11.6. The SMILES string of the molecule is CCOC(=O)C1CC(N=O)c2ccccc2O1. The number of esters is 1. The van der Waals surface area contributed by atoms with Crippen molar-refractivity contribution < 1.29 is 14.3 Å². The molecule has 2 unspecified atom stereocenters. The number of nitrogens with zero attached hydrogens (tertiary/aromatic N) is 1. The van der Waals surface area contributed by atoms with Gasteiger partial charge in [-0.15, -0.1) is 0 Å². The van der Waals surface area contributed by atoms with Crippen LogP contribution in [-0.2, 0) is 9.53 Å². The zero-order valence-corrected chi connectivity index (χ0v) is 9.46. The Morgan fingerprint density at radius 2 is 2.29 bits per heavy atom. The van der Waals surface area contributed by atoms with E-state index in [1.165, 1.54) is 0 Å². The number of para-hydroxylation sites is 1. The Kier molecular flexibility index (Phi) is 3.37. The molecule has 5 heteroatoms. The molecule has 90 valence electrons. The van der Waals surface area contributed by atoms with Gasteiger partial charge in [-0.2, -0.15) is 4.91 Å². The van der Waals surface area contributed by atoms with Crippen LogP contribution in [0.1, 0.15) is 24.9 Å². The van der Waals surface area contributed by atoms with Crippen molar-refractivity contribution in [2.45, 2.75) is 25.5 Å². The fourth-order valence-electron chi connectivity index (χ4n) is 1.87. The Bertz CT molecular complexity index is 432. The lowest BCUT2D eigenvalue weighted by Gasteiger charge is -2.27. The van der Waals surface area contributed by atoms with Crippen LogP contribution < -0.4 is 4.74 Å². The van der Waals surface area contributed by atoms with Crippen LogP contribution in [0.5, 0.6) is 5.75 Å². The number of carbonyl (C=O) groups is 1. The Balaban J connectivity index is 2.24. The summed E-state index contributed by atoms with van der Waals surface area (Å²) < 4.78 is 10.4. The summed E-state index contributed by atoms with van der Waals surface area (Å²) in [6, 6.07) is 6.55. The Morgan fingerprint density at radius 3 is 3.00 bits per heavy atom. The van der Waals surface area contributed by atoms with E-state index < -0.39 is 18.1 Å². The zero-order chi connectivity index (χ0) is 12.3. The third-order valence-electron chi connectivity index (χ3n) is 2.66. The number of ether oxygens (including phenoxy) is 2. The van der Waals surface area contributed by atoms with Crippen molar-refractivity contribution >= 4 is 5.97 Å². The fraction of sp³-hybridized carbons (Fsp3) is 0.417. The van der Waals surface area contributed by atoms with E-state index >= 15 is 0 Å². The van der Waals surface area contributed by atoms with Crippen LogP contribution in [0, 0.1) is 4.91 Å². The fourth-order valence-corrected chi connectivity index (χ4v) is 1.87. The summed E-state index contributed by atoms with van der Waals surface area (Å²) in [6.07, 6.45) is -0.508. The van der Waals surface area contributed by atoms with Crippen molar-refractivity contribution in [1.82, 2.24) is 0 Å². The van der Waals surface area contributed by atoms with Crippen molar-refractivity contribution in [3.8, 4) is 5.75 Å². The lowest BCUT2D eigenvalue weighted by atomic mass is 9.97. The second kappa shape index (κ2) is 4.95. The number of fused-ring (bicyclic) bond motifs is 1. The minimum atomic E-state index is -0.743. The van der Waals surface area contributed by atoms with E-state index in [-0.39, 0.29) is 6.42 Å². The number of rotatable bonds is 3. The smallest absolute Gasteiger partial charge is 0.347 e. The first-order valence-electron chi connectivity index (χ1n) is 5.51. The lowest BCUT2D eigenvalue weighted by Crippen LogP contribution is -2.34. The van der Waals surface area contributed by atoms with Gasteiger partial charge in [0.1, 0.15) is 11.8 Å². The van der Waals surface area contributed by atoms with Gasteiger partial charge in [0.15, 0.2) is 6.10 Å². The Morgan fingerprint density at radius 1 is 1.53 bits per heavy atom. The van der Waals surface area contributed by atoms with Crippen LogP contribution in [0.2, 0.25) is 0 Å². The molecule has 1 aliphatic heterocycles. The summed E-state index contributed by atoms with van der Waals surface area (Å²) in [6.45, 7) is 2.02. The molecular weight excluding hydrogens is 222 g/mol. The van der Waals surface area contributed by atoms with E-state index in [9.17, 15) is 9.70 Å². The van der Waals surface area contributed by atoms with Crippen molar-refractivity contribution in [2.24, 2.45) is 5.18 Å². The summed E-state index contributed by atoms with van der Waals surface area (Å²) in [5.74, 6) is 0.0806. The third-order valence-corrected chi connectivity index (χ3v) is 2.66. The quantitative estimate of drug-likeness (QED) is 0.595. The van der Waals surface area contributed by atoms with Crippen LogP contribution in [0.4, 0.5) is 0 Å². The van der Waals surface area contributed by atoms with Crippen molar-refractivity contribution in [2.75, 3.05) is 6.61 Å². The highest BCUT2D eigenvalue weighted by Gasteiger charge is 2.34. The Hall–Kier alpha value is -1.91. The topological polar surface area (TPSA) is 65.0 Å². The first kappa shape index (κ1) is 11.6. The van der Waals surface area contributed by atoms with Gasteiger partial charge >= 0.3 is 5.97 Å². The second-order valence-electron chi connectivity index (χ2n) is 3.75. The molecule has 2 atom stereocenters. The van der Waals surface area contributed by atoms with Crippen LogP contribution in [-0.4, -0.2) is 18.7 Å². The minimum Gasteiger partial charge on any atom is -0.478 e. The summed E-state index contributed by atoms with van der Waals surface area (Å²) in [7, 11) is 0. The van der Waals surface area contributed by atoms with Gasteiger partial charge in [0.25, 0.3) is 0 Å². The second-order valence-corrected chi connectivity index (χ2v) is 3.75. The molecule has 0 fully saturated rings. The first-order chi connectivity index (χ1) is 8.26. The molecule has 1 aromatic carbocycles. The number of hydrogen-bond donors (Lipinski definition) is 0. The average Bonchev–Trinajstić information content (AvgIpc) is 2.37. The summed E-state index contributed by atoms with van der Waals surface area (Å²) >= 11 is 0. The van der Waals surface area contributed by atoms with E-state index in [1.54, 1.807) is 25.1 Å². The highest BCUT2D eigenvalue weighted by Crippen LogP contribution is 2.36. The molecule has 0 bridgehead atoms. The Labute approximate surface area is 98.7 Å². The molecule has 0 aliphatic carbocycles. The number of nitroso groups, excluding NO2 is 1. The van der Waals surface area contributed by atoms with Crippen LogP contribution in [0.3, 0.4) is 0 Å². The van der Waals surface area contributed by atoms with Crippen molar-refractivity contribution in [1.29, 1.82) is 0 Å². The maximum Gasteiger partial charge on any atom is 0.347 e. The van der Waals surface area contributed by atoms with E-state index in [0.29, 0.717) is 12.4 Å². The molecule has 0 amide bonds. The summed E-state index contributed by atoms with van der Waals surface area (Å²) in [5, 5.41) is 3.04. The molecular formula is C12H13NO4. The van der Waals surface area contributed by atoms with Gasteiger partial charge in [0, 0.05) is 12.0 Å². The molecule has 0 saturated heterocycles. The zero-order valence-electron chi connectivity index (χ0n) is 9.46. The average molecular weight is 235 g/mol. The van der Waals surface area contributed by atoms with E-state index in [0.717, 1.165) is 5.56 Å². The maximum atomic E-state index is 11.6. The molecule has 0 spiro atoms. The van der Waals surface area contributed by atoms with Gasteiger partial charge in [-0.3, -0.25) is 0 Å². The lowest BCUT2D eigenvalue weighted by molar-refractivity contribution is -0.152. The van der Waals surface area contributed by atoms with Crippen LogP contribution in [0.15, 0.2) is 29.4 Å². The highest BCUT2D eigenvalue weighted by atomic mass is 16.6. The molecule has 2 rings (SSSR count). The van der Waals surface area contributed by atoms with E-state index in [4.69, 9.17) is 9.47 Å². The first-order valence-corrected chi connectivity index (χ1v) is 5.51. The molecule has 1 aliphatic rings. The molecule has 1 heterocycles. The predicted octanol–water partition coefficient (Wildman–Crippen LogP) is 2.21. The molecule has 0 saturated carbocycles. The van der Waals surface area contributed by atoms with Crippen LogP contribution in [0.25, 0.3) is 0 Å². The van der Waals surface area contributed by atoms with Crippen molar-refractivity contribution in [3.05, 3.63) is 34.7 Å². The largest absolute Gasteiger partial charge is 0.478 e. The molecule has 0 N–H and O–H groups in total. The molecule has 0 radical (unpaired) electrons. The predicted molar refractivity (Wildman–Crippen MR) is 60.6 cm³/mol. The van der Waals surface area contributed by atoms with Crippen LogP contribution >= 0.6 is 0 Å². The molecule has 0 aromatic heterocycles. The van der Waals surface area contributed by atoms with Gasteiger partial charge in [0.05, 0.1) is 6.61 Å². The highest BCUT2D eigenvalue weighted by molar-refractivity contribution is 5.75. The van der Waals surface area contributed by atoms with Gasteiger partial charge in [0.2, 0.25) is 0 Å². The van der Waals surface area contributed by atoms with Gasteiger partial charge < -0.3 is 9.47 Å². The molecule has 5 nitrogen and oxygen atoms in total. The van der Waals surface area contributed by atoms with Gasteiger partial charge in [-0.1, -0.05) is 23.4 Å². The van der Waals surface area contributed by atoms with Gasteiger partial charge in [-0.25, -0.2) is 4.79 Å². The third kappa shape index (κ3) is 2.27. The number of benzene rings is 1. The van der Waals surface area contributed by atoms with Gasteiger partial charge in [-0.05, 0) is 13.0 Å². The monoisotopic (exact) mass is 235 g/mol. The summed E-state index contributed by atoms with van der Waals surface area (Å²) in [4.78, 5) is 22.4. The number of carbonyl (C=O) groups excluding carboxylic acids is 1. The standard InChI is InChI=1S/C12H13NO4/c1-2-16-12(14)11-7-9(13-15)8-5-3-4-6-10(8)17-11/h3-6,9,11H,2,7H2,1H3. The molecule has 1 aromatic rings. The summed E-state index contributed by atoms with van der Waals surface area (Å²) in [5.41, 5.74) is 0.725.